The number of hydrogen-bond acceptors (Lipinski definition) is 3. The fourth-order valence-electron chi connectivity index (χ4n) is 2.94. The first-order valence-electron chi connectivity index (χ1n) is 9.16. The summed E-state index contributed by atoms with van der Waals surface area (Å²) in [6, 6.07) is 10.5. The molecule has 0 fully saturated rings. The van der Waals surface area contributed by atoms with Crippen molar-refractivity contribution >= 4 is 16.6 Å². The van der Waals surface area contributed by atoms with Gasteiger partial charge in [-0.2, -0.15) is 5.26 Å². The molecule has 28 heavy (non-hydrogen) atoms. The summed E-state index contributed by atoms with van der Waals surface area (Å²) in [5.74, 6) is 0.0417. The van der Waals surface area contributed by atoms with Crippen molar-refractivity contribution in [2.45, 2.75) is 27.2 Å². The molecule has 0 saturated heterocycles. The molecule has 0 bridgehead atoms. The number of rotatable bonds is 4. The number of para-hydroxylation sites is 1. The fourth-order valence-corrected chi connectivity index (χ4v) is 2.94. The monoisotopic (exact) mass is 371 g/mol. The number of aromatic amines is 1. The van der Waals surface area contributed by atoms with Crippen LogP contribution in [-0.2, 0) is 0 Å². The van der Waals surface area contributed by atoms with Crippen LogP contribution in [-0.4, -0.2) is 15.1 Å². The highest BCUT2D eigenvalue weighted by molar-refractivity contribution is 5.95. The minimum absolute atomic E-state index is 0.0417. The standard InChI is InChI=1S/C17H20N2.C7H5NO/c1-5-8-14(13(6-2)7-3)16-11-19-17-15(16)9-12(4)10-18-17;8-5-6-3-1-2-4-7(6)9/h5-6,8-11H,1,7H2,2-4H3,(H,18,19);1-4,9H/b13-6-,14-8+;. The normalized spacial score (nSPS) is 11.5. The molecule has 4 nitrogen and oxygen atoms in total. The summed E-state index contributed by atoms with van der Waals surface area (Å²) >= 11 is 0. The summed E-state index contributed by atoms with van der Waals surface area (Å²) in [6.07, 6.45) is 11.0. The molecule has 4 heteroatoms. The largest absolute Gasteiger partial charge is 0.507 e. The molecule has 0 atom stereocenters. The van der Waals surface area contributed by atoms with Gasteiger partial charge in [0, 0.05) is 23.3 Å². The van der Waals surface area contributed by atoms with E-state index in [1.807, 2.05) is 24.5 Å². The molecule has 0 unspecified atom stereocenters. The Morgan fingerprint density at radius 1 is 1.36 bits per heavy atom. The molecule has 142 valence electrons. The zero-order chi connectivity index (χ0) is 20.5. The van der Waals surface area contributed by atoms with Crippen molar-refractivity contribution in [3.8, 4) is 11.8 Å². The predicted octanol–water partition coefficient (Wildman–Crippen LogP) is 6.06. The number of aryl methyl sites for hydroxylation is 1. The highest BCUT2D eigenvalue weighted by Gasteiger charge is 2.11. The van der Waals surface area contributed by atoms with Crippen molar-refractivity contribution in [1.29, 1.82) is 5.26 Å². The van der Waals surface area contributed by atoms with Crippen molar-refractivity contribution in [2.24, 2.45) is 0 Å². The Bertz CT molecular complexity index is 1060. The molecule has 2 aromatic heterocycles. The number of pyridine rings is 1. The second-order valence-electron chi connectivity index (χ2n) is 6.22. The average Bonchev–Trinajstić information content (AvgIpc) is 3.12. The van der Waals surface area contributed by atoms with Crippen molar-refractivity contribution < 1.29 is 5.11 Å². The van der Waals surface area contributed by atoms with Crippen LogP contribution in [0, 0.1) is 18.3 Å². The van der Waals surface area contributed by atoms with Gasteiger partial charge in [0.1, 0.15) is 17.5 Å². The smallest absolute Gasteiger partial charge is 0.137 e. The van der Waals surface area contributed by atoms with Gasteiger partial charge in [0.25, 0.3) is 0 Å². The molecule has 0 saturated carbocycles. The molecule has 0 amide bonds. The molecule has 3 rings (SSSR count). The van der Waals surface area contributed by atoms with Crippen LogP contribution >= 0.6 is 0 Å². The van der Waals surface area contributed by atoms with Crippen molar-refractivity contribution in [2.75, 3.05) is 0 Å². The lowest BCUT2D eigenvalue weighted by Gasteiger charge is -2.09. The zero-order valence-corrected chi connectivity index (χ0v) is 16.5. The highest BCUT2D eigenvalue weighted by atomic mass is 16.3. The number of fused-ring (bicyclic) bond motifs is 1. The Balaban J connectivity index is 0.000000261. The molecule has 0 radical (unpaired) electrons. The van der Waals surface area contributed by atoms with Gasteiger partial charge in [-0.1, -0.05) is 43.9 Å². The van der Waals surface area contributed by atoms with Crippen LogP contribution < -0.4 is 0 Å². The van der Waals surface area contributed by atoms with Crippen LogP contribution in [0.5, 0.6) is 5.75 Å². The second kappa shape index (κ2) is 9.94. The molecule has 0 aliphatic rings. The van der Waals surface area contributed by atoms with Crippen LogP contribution in [0.1, 0.15) is 37.0 Å². The number of phenolic OH excluding ortho intramolecular Hbond substituents is 1. The number of aromatic nitrogens is 2. The third-order valence-electron chi connectivity index (χ3n) is 4.34. The molecule has 0 spiro atoms. The predicted molar refractivity (Wildman–Crippen MR) is 116 cm³/mol. The number of benzene rings is 1. The summed E-state index contributed by atoms with van der Waals surface area (Å²) in [5, 5.41) is 18.4. The maximum atomic E-state index is 8.89. The van der Waals surface area contributed by atoms with Crippen LogP contribution in [0.4, 0.5) is 0 Å². The molecular formula is C24H25N3O. The van der Waals surface area contributed by atoms with Gasteiger partial charge in [0.05, 0.1) is 5.56 Å². The van der Waals surface area contributed by atoms with Gasteiger partial charge in [0.2, 0.25) is 0 Å². The Morgan fingerprint density at radius 2 is 2.11 bits per heavy atom. The maximum Gasteiger partial charge on any atom is 0.137 e. The van der Waals surface area contributed by atoms with Crippen LogP contribution in [0.15, 0.2) is 73.1 Å². The first-order chi connectivity index (χ1) is 13.5. The molecule has 0 aliphatic carbocycles. The van der Waals surface area contributed by atoms with E-state index < -0.39 is 0 Å². The SMILES string of the molecule is C=C/C=C(\C(=C/C)CC)c1c[nH]c2ncc(C)cc12.N#Cc1ccccc1O. The third-order valence-corrected chi connectivity index (χ3v) is 4.34. The number of nitriles is 1. The van der Waals surface area contributed by atoms with Gasteiger partial charge < -0.3 is 10.1 Å². The lowest BCUT2D eigenvalue weighted by Crippen LogP contribution is -1.88. The fraction of sp³-hybridized carbons (Fsp3) is 0.167. The van der Waals surface area contributed by atoms with Gasteiger partial charge in [-0.05, 0) is 55.2 Å². The van der Waals surface area contributed by atoms with Gasteiger partial charge in [-0.25, -0.2) is 4.98 Å². The summed E-state index contributed by atoms with van der Waals surface area (Å²) in [7, 11) is 0. The van der Waals surface area contributed by atoms with Gasteiger partial charge >= 0.3 is 0 Å². The third kappa shape index (κ3) is 4.77. The van der Waals surface area contributed by atoms with E-state index in [9.17, 15) is 0 Å². The topological polar surface area (TPSA) is 72.7 Å². The molecule has 1 aromatic carbocycles. The van der Waals surface area contributed by atoms with Gasteiger partial charge in [-0.15, -0.1) is 0 Å². The number of nitrogens with one attached hydrogen (secondary N) is 1. The van der Waals surface area contributed by atoms with Crippen molar-refractivity contribution in [3.05, 3.63) is 89.8 Å². The summed E-state index contributed by atoms with van der Waals surface area (Å²) in [6.45, 7) is 10.1. The number of aromatic hydroxyl groups is 1. The van der Waals surface area contributed by atoms with E-state index in [1.54, 1.807) is 18.2 Å². The van der Waals surface area contributed by atoms with Crippen molar-refractivity contribution in [1.82, 2.24) is 9.97 Å². The number of H-pyrrole nitrogens is 1. The Kier molecular flexibility index (Phi) is 7.36. The highest BCUT2D eigenvalue weighted by Crippen LogP contribution is 2.31. The molecule has 2 N–H and O–H groups in total. The first-order valence-corrected chi connectivity index (χ1v) is 9.16. The number of allylic oxidation sites excluding steroid dienone is 5. The lowest BCUT2D eigenvalue weighted by atomic mass is 9.95. The number of phenols is 1. The van der Waals surface area contributed by atoms with E-state index in [1.165, 1.54) is 33.7 Å². The van der Waals surface area contributed by atoms with Crippen LogP contribution in [0.3, 0.4) is 0 Å². The Labute approximate surface area is 166 Å². The zero-order valence-electron chi connectivity index (χ0n) is 16.5. The van der Waals surface area contributed by atoms with Crippen molar-refractivity contribution in [3.63, 3.8) is 0 Å². The van der Waals surface area contributed by atoms with Crippen LogP contribution in [0.25, 0.3) is 16.6 Å². The quantitative estimate of drug-likeness (QED) is 0.547. The van der Waals surface area contributed by atoms with E-state index in [0.29, 0.717) is 5.56 Å². The summed E-state index contributed by atoms with van der Waals surface area (Å²) in [4.78, 5) is 7.67. The molecule has 2 heterocycles. The Morgan fingerprint density at radius 3 is 2.68 bits per heavy atom. The second-order valence-corrected chi connectivity index (χ2v) is 6.22. The van der Waals surface area contributed by atoms with Gasteiger partial charge in [-0.3, -0.25) is 0 Å². The van der Waals surface area contributed by atoms with E-state index in [4.69, 9.17) is 10.4 Å². The van der Waals surface area contributed by atoms with E-state index in [2.05, 4.69) is 55.5 Å². The van der Waals surface area contributed by atoms with E-state index in [-0.39, 0.29) is 5.75 Å². The average molecular weight is 371 g/mol. The Hall–Kier alpha value is -3.58. The van der Waals surface area contributed by atoms with E-state index >= 15 is 0 Å². The van der Waals surface area contributed by atoms with E-state index in [0.717, 1.165) is 12.1 Å². The maximum absolute atomic E-state index is 8.89. The number of nitrogens with zero attached hydrogens (tertiary/aromatic N) is 2. The molecular weight excluding hydrogens is 346 g/mol. The van der Waals surface area contributed by atoms with Gasteiger partial charge in [0.15, 0.2) is 0 Å². The number of hydrogen-bond donors (Lipinski definition) is 2. The lowest BCUT2D eigenvalue weighted by molar-refractivity contribution is 0.473. The first kappa shape index (κ1) is 20.7. The molecule has 3 aromatic rings. The minimum Gasteiger partial charge on any atom is -0.507 e. The molecule has 0 aliphatic heterocycles. The summed E-state index contributed by atoms with van der Waals surface area (Å²) < 4.78 is 0. The van der Waals surface area contributed by atoms with Crippen LogP contribution in [0.2, 0.25) is 0 Å². The minimum atomic E-state index is 0.0417. The summed E-state index contributed by atoms with van der Waals surface area (Å²) in [5.41, 5.74) is 6.16.